The number of fused-ring (bicyclic) bond motifs is 1. The number of anilines is 1. The molecule has 1 unspecified atom stereocenters. The maximum absolute atomic E-state index is 10.9. The number of rotatable bonds is 6. The van der Waals surface area contributed by atoms with Crippen LogP contribution in [-0.2, 0) is 4.79 Å². The Bertz CT molecular complexity index is 579. The zero-order valence-corrected chi connectivity index (χ0v) is 11.1. The Kier molecular flexibility index (Phi) is 3.99. The summed E-state index contributed by atoms with van der Waals surface area (Å²) in [4.78, 5) is 15.1. The minimum absolute atomic E-state index is 0.0870. The van der Waals surface area contributed by atoms with Gasteiger partial charge in [0.1, 0.15) is 5.52 Å². The Hall–Kier alpha value is -2.11. The molecule has 0 spiro atoms. The second-order valence-corrected chi connectivity index (χ2v) is 4.62. The number of hydrogen-bond acceptors (Lipinski definition) is 4. The van der Waals surface area contributed by atoms with Crippen molar-refractivity contribution in [1.29, 1.82) is 0 Å². The number of aliphatic carboxylic acids is 1. The number of nitrogens with one attached hydrogen (secondary N) is 1. The van der Waals surface area contributed by atoms with Gasteiger partial charge >= 0.3 is 5.97 Å². The van der Waals surface area contributed by atoms with E-state index >= 15 is 0 Å². The fourth-order valence-electron chi connectivity index (χ4n) is 2.13. The first-order valence-corrected chi connectivity index (χ1v) is 6.39. The van der Waals surface area contributed by atoms with Gasteiger partial charge in [0, 0.05) is 18.4 Å². The van der Waals surface area contributed by atoms with Crippen molar-refractivity contribution in [2.75, 3.05) is 5.32 Å². The molecule has 0 saturated carbocycles. The normalized spacial score (nSPS) is 12.5. The maximum atomic E-state index is 10.9. The predicted molar refractivity (Wildman–Crippen MR) is 72.3 cm³/mol. The molecular formula is C13H18N4O2. The molecule has 0 aliphatic carbocycles. The molecule has 0 radical (unpaired) electrons. The molecule has 1 atom stereocenters. The summed E-state index contributed by atoms with van der Waals surface area (Å²) in [5.41, 5.74) is 1.77. The maximum Gasteiger partial charge on any atom is 0.305 e. The molecule has 0 aliphatic rings. The van der Waals surface area contributed by atoms with Crippen molar-refractivity contribution in [1.82, 2.24) is 14.6 Å². The largest absolute Gasteiger partial charge is 0.481 e. The van der Waals surface area contributed by atoms with Crippen molar-refractivity contribution in [3.63, 3.8) is 0 Å². The summed E-state index contributed by atoms with van der Waals surface area (Å²) in [5.74, 6) is -0.120. The molecule has 2 aromatic rings. The monoisotopic (exact) mass is 262 g/mol. The third kappa shape index (κ3) is 3.21. The minimum atomic E-state index is -0.803. The number of aromatic nitrogens is 3. The average Bonchev–Trinajstić information content (AvgIpc) is 2.70. The lowest BCUT2D eigenvalue weighted by Crippen LogP contribution is -2.23. The molecule has 102 valence electrons. The van der Waals surface area contributed by atoms with Crippen molar-refractivity contribution in [2.24, 2.45) is 0 Å². The molecule has 2 aromatic heterocycles. The summed E-state index contributed by atoms with van der Waals surface area (Å²) >= 11 is 0. The van der Waals surface area contributed by atoms with Crippen LogP contribution in [0.2, 0.25) is 0 Å². The molecule has 2 N–H and O–H groups in total. The Morgan fingerprint density at radius 3 is 3.05 bits per heavy atom. The molecule has 6 nitrogen and oxygen atoms in total. The molecule has 0 aliphatic heterocycles. The Labute approximate surface area is 111 Å². The quantitative estimate of drug-likeness (QED) is 0.833. The van der Waals surface area contributed by atoms with E-state index in [9.17, 15) is 4.79 Å². The average molecular weight is 262 g/mol. The third-order valence-corrected chi connectivity index (χ3v) is 2.91. The first kappa shape index (κ1) is 13.3. The van der Waals surface area contributed by atoms with E-state index in [2.05, 4.69) is 15.4 Å². The number of carboxylic acids is 1. The van der Waals surface area contributed by atoms with Crippen LogP contribution in [0.3, 0.4) is 0 Å². The van der Waals surface area contributed by atoms with E-state index in [1.165, 1.54) is 0 Å². The standard InChI is InChI=1S/C13H18N4O2/c1-3-4-10(8-12(18)19)15-13-11-7-9(2)16-17(11)6-5-14-13/h5-7,10H,3-4,8H2,1-2H3,(H,14,15)(H,18,19). The second-order valence-electron chi connectivity index (χ2n) is 4.62. The number of carbonyl (C=O) groups is 1. The van der Waals surface area contributed by atoms with Gasteiger partial charge in [0.2, 0.25) is 0 Å². The van der Waals surface area contributed by atoms with Crippen LogP contribution >= 0.6 is 0 Å². The van der Waals surface area contributed by atoms with Gasteiger partial charge in [-0.3, -0.25) is 4.79 Å². The highest BCUT2D eigenvalue weighted by Crippen LogP contribution is 2.17. The lowest BCUT2D eigenvalue weighted by atomic mass is 10.1. The number of hydrogen-bond donors (Lipinski definition) is 2. The van der Waals surface area contributed by atoms with E-state index in [4.69, 9.17) is 5.11 Å². The van der Waals surface area contributed by atoms with Crippen molar-refractivity contribution in [3.05, 3.63) is 24.2 Å². The minimum Gasteiger partial charge on any atom is -0.481 e. The van der Waals surface area contributed by atoms with Crippen molar-refractivity contribution in [2.45, 2.75) is 39.2 Å². The molecule has 0 amide bonds. The second kappa shape index (κ2) is 5.69. The van der Waals surface area contributed by atoms with Gasteiger partial charge in [-0.2, -0.15) is 5.10 Å². The first-order valence-electron chi connectivity index (χ1n) is 6.39. The first-order chi connectivity index (χ1) is 9.10. The highest BCUT2D eigenvalue weighted by atomic mass is 16.4. The van der Waals surface area contributed by atoms with Crippen LogP contribution in [0.25, 0.3) is 5.52 Å². The van der Waals surface area contributed by atoms with Crippen molar-refractivity contribution >= 4 is 17.3 Å². The van der Waals surface area contributed by atoms with Gasteiger partial charge in [0.15, 0.2) is 5.82 Å². The van der Waals surface area contributed by atoms with E-state index in [1.54, 1.807) is 16.9 Å². The summed E-state index contributed by atoms with van der Waals surface area (Å²) in [5, 5.41) is 16.5. The predicted octanol–water partition coefficient (Wildman–Crippen LogP) is 2.09. The van der Waals surface area contributed by atoms with Crippen LogP contribution in [0.15, 0.2) is 18.5 Å². The summed E-state index contributed by atoms with van der Waals surface area (Å²) in [7, 11) is 0. The fourth-order valence-corrected chi connectivity index (χ4v) is 2.13. The van der Waals surface area contributed by atoms with Gasteiger partial charge in [0.25, 0.3) is 0 Å². The highest BCUT2D eigenvalue weighted by Gasteiger charge is 2.14. The lowest BCUT2D eigenvalue weighted by molar-refractivity contribution is -0.137. The van der Waals surface area contributed by atoms with Gasteiger partial charge in [-0.05, 0) is 19.4 Å². The van der Waals surface area contributed by atoms with Crippen LogP contribution in [0.1, 0.15) is 31.9 Å². The molecule has 2 heterocycles. The van der Waals surface area contributed by atoms with Gasteiger partial charge in [-0.25, -0.2) is 9.50 Å². The van der Waals surface area contributed by atoms with Crippen LogP contribution in [0, 0.1) is 6.92 Å². The lowest BCUT2D eigenvalue weighted by Gasteiger charge is -2.17. The Balaban J connectivity index is 2.25. The summed E-state index contributed by atoms with van der Waals surface area (Å²) < 4.78 is 1.74. The van der Waals surface area contributed by atoms with E-state index in [1.807, 2.05) is 19.9 Å². The molecular weight excluding hydrogens is 244 g/mol. The topological polar surface area (TPSA) is 79.5 Å². The number of aryl methyl sites for hydroxylation is 1. The summed E-state index contributed by atoms with van der Waals surface area (Å²) in [6.07, 6.45) is 5.24. The van der Waals surface area contributed by atoms with Gasteiger partial charge in [0.05, 0.1) is 12.1 Å². The van der Waals surface area contributed by atoms with Crippen LogP contribution in [0.4, 0.5) is 5.82 Å². The fraction of sp³-hybridized carbons (Fsp3) is 0.462. The third-order valence-electron chi connectivity index (χ3n) is 2.91. The van der Waals surface area contributed by atoms with Gasteiger partial charge in [-0.15, -0.1) is 0 Å². The van der Waals surface area contributed by atoms with E-state index in [0.717, 1.165) is 24.1 Å². The smallest absolute Gasteiger partial charge is 0.305 e. The Morgan fingerprint density at radius 1 is 1.58 bits per heavy atom. The zero-order valence-electron chi connectivity index (χ0n) is 11.1. The molecule has 0 bridgehead atoms. The molecule has 0 saturated heterocycles. The molecule has 6 heteroatoms. The van der Waals surface area contributed by atoms with Gasteiger partial charge < -0.3 is 10.4 Å². The van der Waals surface area contributed by atoms with Crippen LogP contribution in [0.5, 0.6) is 0 Å². The summed E-state index contributed by atoms with van der Waals surface area (Å²) in [6.45, 7) is 3.95. The number of carboxylic acid groups (broad SMARTS) is 1. The molecule has 19 heavy (non-hydrogen) atoms. The highest BCUT2D eigenvalue weighted by molar-refractivity contribution is 5.71. The van der Waals surface area contributed by atoms with Gasteiger partial charge in [-0.1, -0.05) is 13.3 Å². The van der Waals surface area contributed by atoms with E-state index < -0.39 is 5.97 Å². The Morgan fingerprint density at radius 2 is 2.37 bits per heavy atom. The summed E-state index contributed by atoms with van der Waals surface area (Å²) in [6, 6.07) is 1.82. The SMILES string of the molecule is CCCC(CC(=O)O)Nc1nccn2nc(C)cc12. The van der Waals surface area contributed by atoms with Crippen molar-refractivity contribution in [3.8, 4) is 0 Å². The zero-order chi connectivity index (χ0) is 13.8. The van der Waals surface area contributed by atoms with E-state index in [0.29, 0.717) is 5.82 Å². The van der Waals surface area contributed by atoms with Crippen LogP contribution < -0.4 is 5.32 Å². The van der Waals surface area contributed by atoms with Crippen LogP contribution in [-0.4, -0.2) is 31.7 Å². The number of nitrogens with zero attached hydrogens (tertiary/aromatic N) is 3. The molecule has 2 rings (SSSR count). The van der Waals surface area contributed by atoms with E-state index in [-0.39, 0.29) is 12.5 Å². The van der Waals surface area contributed by atoms with Crippen molar-refractivity contribution < 1.29 is 9.90 Å². The molecule has 0 aromatic carbocycles. The molecule has 0 fully saturated rings.